The summed E-state index contributed by atoms with van der Waals surface area (Å²) in [6, 6.07) is 28.0. The molecular weight excluding hydrogens is 420 g/mol. The number of carbonyl (C=O) groups is 1. The number of nitrogens with zero attached hydrogens (tertiary/aromatic N) is 1. The van der Waals surface area contributed by atoms with E-state index in [4.69, 9.17) is 22.1 Å². The molecule has 0 radical (unpaired) electrons. The standard InChI is InChI=1S/C27H21ClN2O2/c1-32-25-13-10-17(14-22(25)28)16-30-23-9-5-8-21(27(29)31)26(23)20-12-11-19(15-24(20)30)18-6-3-2-4-7-18/h2-15H,16H2,1H3,(H2,29,31). The lowest BCUT2D eigenvalue weighted by atomic mass is 10.0. The molecule has 1 amide bonds. The van der Waals surface area contributed by atoms with Crippen LogP contribution in [0.15, 0.2) is 84.9 Å². The van der Waals surface area contributed by atoms with Crippen LogP contribution in [0.1, 0.15) is 15.9 Å². The van der Waals surface area contributed by atoms with Crippen LogP contribution in [0.2, 0.25) is 5.02 Å². The molecule has 0 fully saturated rings. The van der Waals surface area contributed by atoms with Gasteiger partial charge in [-0.15, -0.1) is 0 Å². The number of hydrogen-bond donors (Lipinski definition) is 1. The molecule has 5 aromatic rings. The van der Waals surface area contributed by atoms with E-state index in [2.05, 4.69) is 34.9 Å². The Morgan fingerprint density at radius 2 is 1.72 bits per heavy atom. The Bertz CT molecular complexity index is 1470. The Morgan fingerprint density at radius 3 is 2.44 bits per heavy atom. The maximum Gasteiger partial charge on any atom is 0.249 e. The molecule has 0 bridgehead atoms. The molecule has 0 spiro atoms. The molecular formula is C27H21ClN2O2. The second-order valence-corrected chi connectivity index (χ2v) is 8.12. The van der Waals surface area contributed by atoms with E-state index in [0.29, 0.717) is 22.9 Å². The van der Waals surface area contributed by atoms with Gasteiger partial charge in [0.15, 0.2) is 0 Å². The van der Waals surface area contributed by atoms with Crippen molar-refractivity contribution in [1.29, 1.82) is 0 Å². The molecule has 0 aliphatic rings. The Kier molecular flexibility index (Phi) is 5.08. The number of aromatic nitrogens is 1. The highest BCUT2D eigenvalue weighted by molar-refractivity contribution is 6.32. The number of hydrogen-bond acceptors (Lipinski definition) is 2. The number of halogens is 1. The molecule has 1 heterocycles. The molecule has 158 valence electrons. The van der Waals surface area contributed by atoms with Crippen LogP contribution in [0.25, 0.3) is 32.9 Å². The normalized spacial score (nSPS) is 11.2. The largest absolute Gasteiger partial charge is 0.495 e. The van der Waals surface area contributed by atoms with Crippen LogP contribution in [0.3, 0.4) is 0 Å². The van der Waals surface area contributed by atoms with Gasteiger partial charge in [0, 0.05) is 22.9 Å². The van der Waals surface area contributed by atoms with Crippen molar-refractivity contribution in [3.8, 4) is 16.9 Å². The lowest BCUT2D eigenvalue weighted by molar-refractivity contribution is 0.100. The topological polar surface area (TPSA) is 57.2 Å². The minimum Gasteiger partial charge on any atom is -0.495 e. The summed E-state index contributed by atoms with van der Waals surface area (Å²) in [5.41, 5.74) is 11.5. The first kappa shape index (κ1) is 20.2. The van der Waals surface area contributed by atoms with E-state index in [9.17, 15) is 4.79 Å². The van der Waals surface area contributed by atoms with Gasteiger partial charge in [0.1, 0.15) is 5.75 Å². The highest BCUT2D eigenvalue weighted by Crippen LogP contribution is 2.35. The van der Waals surface area contributed by atoms with E-state index >= 15 is 0 Å². The van der Waals surface area contributed by atoms with E-state index in [1.54, 1.807) is 13.2 Å². The molecule has 1 aromatic heterocycles. The highest BCUT2D eigenvalue weighted by Gasteiger charge is 2.17. The molecule has 5 rings (SSSR count). The van der Waals surface area contributed by atoms with Crippen molar-refractivity contribution >= 4 is 39.3 Å². The second-order valence-electron chi connectivity index (χ2n) is 7.72. The number of benzene rings is 4. The summed E-state index contributed by atoms with van der Waals surface area (Å²) in [6.45, 7) is 0.587. The van der Waals surface area contributed by atoms with E-state index in [1.165, 1.54) is 0 Å². The predicted octanol–water partition coefficient (Wildman–Crippen LogP) is 6.27. The molecule has 0 unspecified atom stereocenters. The summed E-state index contributed by atoms with van der Waals surface area (Å²) in [7, 11) is 1.60. The number of methoxy groups -OCH3 is 1. The zero-order valence-corrected chi connectivity index (χ0v) is 18.3. The molecule has 0 saturated heterocycles. The fourth-order valence-electron chi connectivity index (χ4n) is 4.32. The fourth-order valence-corrected chi connectivity index (χ4v) is 4.60. The first-order valence-corrected chi connectivity index (χ1v) is 10.7. The Balaban J connectivity index is 1.77. The summed E-state index contributed by atoms with van der Waals surface area (Å²) >= 11 is 6.38. The van der Waals surface area contributed by atoms with Gasteiger partial charge in [-0.1, -0.05) is 66.2 Å². The van der Waals surface area contributed by atoms with Gasteiger partial charge in [0.05, 0.1) is 23.2 Å². The van der Waals surface area contributed by atoms with Crippen molar-refractivity contribution in [1.82, 2.24) is 4.57 Å². The maximum atomic E-state index is 12.2. The van der Waals surface area contributed by atoms with Gasteiger partial charge in [-0.05, 0) is 47.0 Å². The number of fused-ring (bicyclic) bond motifs is 3. The summed E-state index contributed by atoms with van der Waals surface area (Å²) in [5, 5.41) is 2.43. The minimum absolute atomic E-state index is 0.436. The van der Waals surface area contributed by atoms with Crippen LogP contribution in [-0.4, -0.2) is 17.6 Å². The van der Waals surface area contributed by atoms with Gasteiger partial charge < -0.3 is 15.0 Å². The van der Waals surface area contributed by atoms with E-state index < -0.39 is 5.91 Å². The Morgan fingerprint density at radius 1 is 0.906 bits per heavy atom. The summed E-state index contributed by atoms with van der Waals surface area (Å²) in [5.74, 6) is 0.203. The minimum atomic E-state index is -0.436. The summed E-state index contributed by atoms with van der Waals surface area (Å²) in [6.07, 6.45) is 0. The third-order valence-electron chi connectivity index (χ3n) is 5.82. The summed E-state index contributed by atoms with van der Waals surface area (Å²) < 4.78 is 7.50. The molecule has 5 heteroatoms. The fraction of sp³-hybridized carbons (Fsp3) is 0.0741. The highest BCUT2D eigenvalue weighted by atomic mass is 35.5. The van der Waals surface area contributed by atoms with Crippen molar-refractivity contribution in [3.63, 3.8) is 0 Å². The van der Waals surface area contributed by atoms with Gasteiger partial charge in [0.2, 0.25) is 5.91 Å². The van der Waals surface area contributed by atoms with Crippen molar-refractivity contribution in [2.75, 3.05) is 7.11 Å². The van der Waals surface area contributed by atoms with Crippen LogP contribution in [0.5, 0.6) is 5.75 Å². The molecule has 0 atom stereocenters. The monoisotopic (exact) mass is 440 g/mol. The van der Waals surface area contributed by atoms with Crippen LogP contribution < -0.4 is 10.5 Å². The Hall–Kier alpha value is -3.76. The van der Waals surface area contributed by atoms with E-state index in [-0.39, 0.29) is 0 Å². The molecule has 2 N–H and O–H groups in total. The van der Waals surface area contributed by atoms with Crippen molar-refractivity contribution in [2.45, 2.75) is 6.54 Å². The third-order valence-corrected chi connectivity index (χ3v) is 6.12. The van der Waals surface area contributed by atoms with Crippen molar-refractivity contribution in [2.24, 2.45) is 5.73 Å². The quantitative estimate of drug-likeness (QED) is 0.350. The van der Waals surface area contributed by atoms with Gasteiger partial charge in [-0.2, -0.15) is 0 Å². The van der Waals surface area contributed by atoms with Crippen molar-refractivity contribution < 1.29 is 9.53 Å². The van der Waals surface area contributed by atoms with Crippen LogP contribution in [0, 0.1) is 0 Å². The lowest BCUT2D eigenvalue weighted by Gasteiger charge is -2.11. The molecule has 0 aliphatic heterocycles. The molecule has 4 aromatic carbocycles. The van der Waals surface area contributed by atoms with E-state index in [1.807, 2.05) is 48.5 Å². The maximum absolute atomic E-state index is 12.2. The number of amides is 1. The molecule has 4 nitrogen and oxygen atoms in total. The zero-order valence-electron chi connectivity index (χ0n) is 17.5. The molecule has 32 heavy (non-hydrogen) atoms. The molecule has 0 saturated carbocycles. The first-order chi connectivity index (χ1) is 15.6. The van der Waals surface area contributed by atoms with Crippen LogP contribution in [-0.2, 0) is 6.54 Å². The number of rotatable bonds is 5. The number of nitrogens with two attached hydrogens (primary N) is 1. The Labute approximate surface area is 190 Å². The first-order valence-electron chi connectivity index (χ1n) is 10.3. The lowest BCUT2D eigenvalue weighted by Crippen LogP contribution is -2.11. The average Bonchev–Trinajstić information content (AvgIpc) is 3.12. The van der Waals surface area contributed by atoms with Crippen LogP contribution in [0.4, 0.5) is 0 Å². The van der Waals surface area contributed by atoms with Gasteiger partial charge in [-0.3, -0.25) is 4.79 Å². The number of carbonyl (C=O) groups excluding carboxylic acids is 1. The van der Waals surface area contributed by atoms with Gasteiger partial charge in [-0.25, -0.2) is 0 Å². The predicted molar refractivity (Wildman–Crippen MR) is 131 cm³/mol. The SMILES string of the molecule is COc1ccc(Cn2c3cc(-c4ccccc4)ccc3c3c(C(N)=O)cccc32)cc1Cl. The number of primary amides is 1. The number of ether oxygens (including phenoxy) is 1. The third kappa shape index (κ3) is 3.39. The van der Waals surface area contributed by atoms with Gasteiger partial charge >= 0.3 is 0 Å². The second kappa shape index (κ2) is 8.06. The molecule has 0 aliphatic carbocycles. The van der Waals surface area contributed by atoms with E-state index in [0.717, 1.165) is 38.5 Å². The van der Waals surface area contributed by atoms with Gasteiger partial charge in [0.25, 0.3) is 0 Å². The van der Waals surface area contributed by atoms with Crippen molar-refractivity contribution in [3.05, 3.63) is 101 Å². The average molecular weight is 441 g/mol. The van der Waals surface area contributed by atoms with Crippen LogP contribution >= 0.6 is 11.6 Å². The summed E-state index contributed by atoms with van der Waals surface area (Å²) in [4.78, 5) is 12.2. The smallest absolute Gasteiger partial charge is 0.249 e. The zero-order chi connectivity index (χ0) is 22.2.